The standard InChI is InChI=1S/C18H18BrN3O3/c1-12-3-5-13(6-4-12)18(24)20-11-17(23)22-21-10-14-9-15(19)7-8-16(14)25-2/h3-10H,11H2,1-2H3,(H,20,24)(H,22,23)/b21-10+. The molecule has 2 N–H and O–H groups in total. The number of methoxy groups -OCH3 is 1. The van der Waals surface area contributed by atoms with Gasteiger partial charge in [0.05, 0.1) is 19.9 Å². The zero-order valence-electron chi connectivity index (χ0n) is 13.9. The van der Waals surface area contributed by atoms with Gasteiger partial charge in [-0.05, 0) is 37.3 Å². The Morgan fingerprint density at radius 2 is 1.92 bits per heavy atom. The number of benzene rings is 2. The summed E-state index contributed by atoms with van der Waals surface area (Å²) in [7, 11) is 1.56. The number of hydrogen-bond acceptors (Lipinski definition) is 4. The maximum absolute atomic E-state index is 11.9. The van der Waals surface area contributed by atoms with Gasteiger partial charge in [0.1, 0.15) is 5.75 Å². The van der Waals surface area contributed by atoms with Crippen molar-refractivity contribution in [3.05, 3.63) is 63.6 Å². The van der Waals surface area contributed by atoms with Crippen LogP contribution in [0.3, 0.4) is 0 Å². The summed E-state index contributed by atoms with van der Waals surface area (Å²) in [5.41, 5.74) is 4.63. The van der Waals surface area contributed by atoms with Crippen LogP contribution in [0.2, 0.25) is 0 Å². The fourth-order valence-electron chi connectivity index (χ4n) is 1.99. The third-order valence-corrected chi connectivity index (χ3v) is 3.80. The normalized spacial score (nSPS) is 10.5. The molecular weight excluding hydrogens is 386 g/mol. The van der Waals surface area contributed by atoms with Crippen molar-refractivity contribution >= 4 is 34.0 Å². The number of aryl methyl sites for hydroxylation is 1. The molecule has 0 aromatic heterocycles. The summed E-state index contributed by atoms with van der Waals surface area (Å²) < 4.78 is 6.08. The zero-order valence-corrected chi connectivity index (χ0v) is 15.5. The van der Waals surface area contributed by atoms with E-state index in [1.54, 1.807) is 25.3 Å². The third kappa shape index (κ3) is 5.72. The van der Waals surface area contributed by atoms with Crippen molar-refractivity contribution in [2.45, 2.75) is 6.92 Å². The van der Waals surface area contributed by atoms with Crippen molar-refractivity contribution in [1.82, 2.24) is 10.7 Å². The van der Waals surface area contributed by atoms with Gasteiger partial charge in [0.2, 0.25) is 0 Å². The molecule has 0 saturated heterocycles. The first-order valence-corrected chi connectivity index (χ1v) is 8.29. The van der Waals surface area contributed by atoms with Gasteiger partial charge in [0, 0.05) is 15.6 Å². The highest BCUT2D eigenvalue weighted by molar-refractivity contribution is 9.10. The summed E-state index contributed by atoms with van der Waals surface area (Å²) in [6, 6.07) is 12.5. The topological polar surface area (TPSA) is 79.8 Å². The number of hydrogen-bond donors (Lipinski definition) is 2. The van der Waals surface area contributed by atoms with E-state index in [-0.39, 0.29) is 12.5 Å². The van der Waals surface area contributed by atoms with E-state index >= 15 is 0 Å². The lowest BCUT2D eigenvalue weighted by Crippen LogP contribution is -2.34. The average molecular weight is 404 g/mol. The molecule has 0 aliphatic rings. The maximum Gasteiger partial charge on any atom is 0.259 e. The van der Waals surface area contributed by atoms with Crippen molar-refractivity contribution in [2.75, 3.05) is 13.7 Å². The highest BCUT2D eigenvalue weighted by Crippen LogP contribution is 2.21. The molecule has 25 heavy (non-hydrogen) atoms. The Labute approximate surface area is 154 Å². The van der Waals surface area contributed by atoms with E-state index in [9.17, 15) is 9.59 Å². The van der Waals surface area contributed by atoms with Crippen LogP contribution in [0, 0.1) is 6.92 Å². The largest absolute Gasteiger partial charge is 0.496 e. The lowest BCUT2D eigenvalue weighted by molar-refractivity contribution is -0.120. The first kappa shape index (κ1) is 18.7. The fraction of sp³-hybridized carbons (Fsp3) is 0.167. The van der Waals surface area contributed by atoms with Gasteiger partial charge >= 0.3 is 0 Å². The van der Waals surface area contributed by atoms with Crippen molar-refractivity contribution < 1.29 is 14.3 Å². The van der Waals surface area contributed by atoms with Crippen LogP contribution >= 0.6 is 15.9 Å². The summed E-state index contributed by atoms with van der Waals surface area (Å²) in [5, 5.41) is 6.42. The molecule has 0 aliphatic heterocycles. The van der Waals surface area contributed by atoms with Crippen LogP contribution in [0.5, 0.6) is 5.75 Å². The van der Waals surface area contributed by atoms with Crippen molar-refractivity contribution in [3.8, 4) is 5.75 Å². The number of carbonyl (C=O) groups is 2. The van der Waals surface area contributed by atoms with Crippen LogP contribution in [0.25, 0.3) is 0 Å². The van der Waals surface area contributed by atoms with Gasteiger partial charge < -0.3 is 10.1 Å². The van der Waals surface area contributed by atoms with E-state index in [0.29, 0.717) is 16.9 Å². The molecule has 0 heterocycles. The minimum absolute atomic E-state index is 0.167. The highest BCUT2D eigenvalue weighted by Gasteiger charge is 2.07. The van der Waals surface area contributed by atoms with Gasteiger partial charge in [-0.15, -0.1) is 0 Å². The SMILES string of the molecule is COc1ccc(Br)cc1/C=N/NC(=O)CNC(=O)c1ccc(C)cc1. The molecular formula is C18H18BrN3O3. The van der Waals surface area contributed by atoms with Gasteiger partial charge in [0.15, 0.2) is 0 Å². The van der Waals surface area contributed by atoms with Crippen molar-refractivity contribution in [3.63, 3.8) is 0 Å². The number of carbonyl (C=O) groups excluding carboxylic acids is 2. The summed E-state index contributed by atoms with van der Waals surface area (Å²) in [4.78, 5) is 23.7. The molecule has 2 aromatic rings. The summed E-state index contributed by atoms with van der Waals surface area (Å²) in [6.45, 7) is 1.77. The van der Waals surface area contributed by atoms with E-state index < -0.39 is 5.91 Å². The Bertz CT molecular complexity index is 789. The van der Waals surface area contributed by atoms with Crippen LogP contribution < -0.4 is 15.5 Å². The average Bonchev–Trinajstić information content (AvgIpc) is 2.60. The van der Waals surface area contributed by atoms with Gasteiger partial charge in [-0.2, -0.15) is 5.10 Å². The Balaban J connectivity index is 1.85. The Hall–Kier alpha value is -2.67. The van der Waals surface area contributed by atoms with E-state index in [1.165, 1.54) is 6.21 Å². The fourth-order valence-corrected chi connectivity index (χ4v) is 2.37. The number of rotatable bonds is 6. The first-order chi connectivity index (χ1) is 12.0. The molecule has 0 spiro atoms. The number of nitrogens with zero attached hydrogens (tertiary/aromatic N) is 1. The highest BCUT2D eigenvalue weighted by atomic mass is 79.9. The van der Waals surface area contributed by atoms with Crippen LogP contribution in [-0.4, -0.2) is 31.7 Å². The zero-order chi connectivity index (χ0) is 18.2. The van der Waals surface area contributed by atoms with Crippen LogP contribution in [-0.2, 0) is 4.79 Å². The van der Waals surface area contributed by atoms with Crippen molar-refractivity contribution in [2.24, 2.45) is 5.10 Å². The second kappa shape index (κ2) is 8.98. The first-order valence-electron chi connectivity index (χ1n) is 7.50. The summed E-state index contributed by atoms with van der Waals surface area (Å²) in [6.07, 6.45) is 1.48. The maximum atomic E-state index is 11.9. The van der Waals surface area contributed by atoms with E-state index in [2.05, 4.69) is 31.8 Å². The number of nitrogens with one attached hydrogen (secondary N) is 2. The molecule has 0 aliphatic carbocycles. The summed E-state index contributed by atoms with van der Waals surface area (Å²) >= 11 is 3.36. The lowest BCUT2D eigenvalue weighted by Gasteiger charge is -2.06. The van der Waals surface area contributed by atoms with Gasteiger partial charge in [-0.25, -0.2) is 5.43 Å². The molecule has 130 valence electrons. The van der Waals surface area contributed by atoms with E-state index in [4.69, 9.17) is 4.74 Å². The second-order valence-corrected chi connectivity index (χ2v) is 6.14. The third-order valence-electron chi connectivity index (χ3n) is 3.31. The monoisotopic (exact) mass is 403 g/mol. The minimum Gasteiger partial charge on any atom is -0.496 e. The molecule has 0 bridgehead atoms. The molecule has 2 rings (SSSR count). The van der Waals surface area contributed by atoms with Crippen LogP contribution in [0.4, 0.5) is 0 Å². The molecule has 7 heteroatoms. The van der Waals surface area contributed by atoms with Crippen LogP contribution in [0.15, 0.2) is 52.0 Å². The van der Waals surface area contributed by atoms with Crippen LogP contribution in [0.1, 0.15) is 21.5 Å². The Morgan fingerprint density at radius 3 is 2.60 bits per heavy atom. The summed E-state index contributed by atoms with van der Waals surface area (Å²) in [5.74, 6) is -0.104. The van der Waals surface area contributed by atoms with Gasteiger partial charge in [-0.1, -0.05) is 33.6 Å². The van der Waals surface area contributed by atoms with Gasteiger partial charge in [0.25, 0.3) is 11.8 Å². The molecule has 2 amide bonds. The van der Waals surface area contributed by atoms with Crippen molar-refractivity contribution in [1.29, 1.82) is 0 Å². The quantitative estimate of drug-likeness (QED) is 0.574. The van der Waals surface area contributed by atoms with Gasteiger partial charge in [-0.3, -0.25) is 9.59 Å². The number of amides is 2. The second-order valence-electron chi connectivity index (χ2n) is 5.23. The number of halogens is 1. The molecule has 0 saturated carbocycles. The molecule has 0 unspecified atom stereocenters. The minimum atomic E-state index is -0.425. The predicted octanol–water partition coefficient (Wildman–Crippen LogP) is 2.65. The van der Waals surface area contributed by atoms with E-state index in [0.717, 1.165) is 10.0 Å². The lowest BCUT2D eigenvalue weighted by atomic mass is 10.1. The Morgan fingerprint density at radius 1 is 1.20 bits per heavy atom. The smallest absolute Gasteiger partial charge is 0.259 e. The number of hydrazone groups is 1. The molecule has 2 aromatic carbocycles. The molecule has 0 radical (unpaired) electrons. The Kier molecular flexibility index (Phi) is 6.71. The molecule has 0 atom stereocenters. The van der Waals surface area contributed by atoms with E-state index in [1.807, 2.05) is 31.2 Å². The predicted molar refractivity (Wildman–Crippen MR) is 99.9 cm³/mol. The molecule has 6 nitrogen and oxygen atoms in total. The molecule has 0 fully saturated rings. The number of ether oxygens (including phenoxy) is 1.